The molecule has 0 fully saturated rings. The number of nitrogens with zero attached hydrogens (tertiary/aromatic N) is 2. The van der Waals surface area contributed by atoms with E-state index in [1.807, 2.05) is 11.6 Å². The van der Waals surface area contributed by atoms with Crippen LogP contribution in [0.2, 0.25) is 0 Å². The minimum Gasteiger partial charge on any atom is -0.325 e. The van der Waals surface area contributed by atoms with Crippen LogP contribution in [0.15, 0.2) is 28.9 Å². The van der Waals surface area contributed by atoms with Crippen LogP contribution in [0.1, 0.15) is 22.6 Å². The lowest BCUT2D eigenvalue weighted by atomic mass is 10.1. The van der Waals surface area contributed by atoms with Gasteiger partial charge in [-0.05, 0) is 41.3 Å². The molecule has 0 saturated heterocycles. The quantitative estimate of drug-likeness (QED) is 0.944. The first-order valence-electron chi connectivity index (χ1n) is 6.07. The van der Waals surface area contributed by atoms with Crippen molar-refractivity contribution in [2.24, 2.45) is 12.8 Å². The first-order chi connectivity index (χ1) is 8.61. The monoisotopic (exact) mass is 307 g/mol. The van der Waals surface area contributed by atoms with E-state index in [4.69, 9.17) is 5.73 Å². The second-order valence-corrected chi connectivity index (χ2v) is 5.27. The molecule has 0 aliphatic heterocycles. The standard InChI is InChI=1S/C14H18BrN3/c1-10-3-5-11(6-4-10)7-8-12-14(15)18(2)13(9-16)17-12/h3-6H,7-9,16H2,1-2H3. The van der Waals surface area contributed by atoms with E-state index in [2.05, 4.69) is 52.1 Å². The fourth-order valence-electron chi connectivity index (χ4n) is 1.94. The zero-order valence-electron chi connectivity index (χ0n) is 10.8. The predicted molar refractivity (Wildman–Crippen MR) is 77.4 cm³/mol. The predicted octanol–water partition coefficient (Wildman–Crippen LogP) is 2.73. The largest absolute Gasteiger partial charge is 0.325 e. The minimum atomic E-state index is 0.472. The summed E-state index contributed by atoms with van der Waals surface area (Å²) in [6.07, 6.45) is 1.93. The van der Waals surface area contributed by atoms with Crippen molar-refractivity contribution in [2.75, 3.05) is 0 Å². The number of benzene rings is 1. The van der Waals surface area contributed by atoms with Crippen LogP contribution in [0.25, 0.3) is 0 Å². The van der Waals surface area contributed by atoms with E-state index in [-0.39, 0.29) is 0 Å². The van der Waals surface area contributed by atoms with Crippen molar-refractivity contribution in [2.45, 2.75) is 26.3 Å². The number of aryl methyl sites for hydroxylation is 3. The lowest BCUT2D eigenvalue weighted by Gasteiger charge is -2.01. The average Bonchev–Trinajstić information content (AvgIpc) is 2.65. The Balaban J connectivity index is 2.08. The summed E-state index contributed by atoms with van der Waals surface area (Å²) in [4.78, 5) is 4.55. The van der Waals surface area contributed by atoms with Crippen LogP contribution < -0.4 is 5.73 Å². The fourth-order valence-corrected chi connectivity index (χ4v) is 2.43. The maximum Gasteiger partial charge on any atom is 0.123 e. The second kappa shape index (κ2) is 5.67. The van der Waals surface area contributed by atoms with Crippen LogP contribution >= 0.6 is 15.9 Å². The summed E-state index contributed by atoms with van der Waals surface area (Å²) in [5.74, 6) is 0.917. The van der Waals surface area contributed by atoms with Gasteiger partial charge in [-0.15, -0.1) is 0 Å². The lowest BCUT2D eigenvalue weighted by molar-refractivity contribution is 0.781. The zero-order valence-corrected chi connectivity index (χ0v) is 12.4. The summed E-state index contributed by atoms with van der Waals surface area (Å²) in [7, 11) is 1.98. The molecule has 0 amide bonds. The molecule has 0 atom stereocenters. The van der Waals surface area contributed by atoms with Gasteiger partial charge in [0.25, 0.3) is 0 Å². The highest BCUT2D eigenvalue weighted by atomic mass is 79.9. The molecular formula is C14H18BrN3. The van der Waals surface area contributed by atoms with E-state index in [0.717, 1.165) is 29.0 Å². The summed E-state index contributed by atoms with van der Waals surface area (Å²) in [5.41, 5.74) is 9.37. The molecule has 1 heterocycles. The lowest BCUT2D eigenvalue weighted by Crippen LogP contribution is -2.04. The normalized spacial score (nSPS) is 10.9. The Morgan fingerprint density at radius 2 is 1.89 bits per heavy atom. The summed E-state index contributed by atoms with van der Waals surface area (Å²) >= 11 is 3.57. The van der Waals surface area contributed by atoms with E-state index in [1.165, 1.54) is 11.1 Å². The summed E-state index contributed by atoms with van der Waals surface area (Å²) in [6.45, 7) is 2.58. The molecule has 2 aromatic rings. The van der Waals surface area contributed by atoms with Crippen molar-refractivity contribution in [3.8, 4) is 0 Å². The van der Waals surface area contributed by atoms with Crippen molar-refractivity contribution in [3.05, 3.63) is 51.5 Å². The van der Waals surface area contributed by atoms with Gasteiger partial charge in [0.1, 0.15) is 10.4 Å². The molecule has 2 N–H and O–H groups in total. The van der Waals surface area contributed by atoms with Gasteiger partial charge in [-0.25, -0.2) is 4.98 Å². The van der Waals surface area contributed by atoms with E-state index in [9.17, 15) is 0 Å². The van der Waals surface area contributed by atoms with Crippen LogP contribution in [-0.4, -0.2) is 9.55 Å². The third kappa shape index (κ3) is 2.82. The summed E-state index contributed by atoms with van der Waals surface area (Å²) in [6, 6.07) is 8.65. The summed E-state index contributed by atoms with van der Waals surface area (Å²) in [5, 5.41) is 0. The van der Waals surface area contributed by atoms with Crippen molar-refractivity contribution < 1.29 is 0 Å². The number of halogens is 1. The molecule has 0 aliphatic rings. The molecule has 1 aromatic carbocycles. The summed E-state index contributed by atoms with van der Waals surface area (Å²) < 4.78 is 3.04. The highest BCUT2D eigenvalue weighted by molar-refractivity contribution is 9.10. The first-order valence-corrected chi connectivity index (χ1v) is 6.86. The van der Waals surface area contributed by atoms with Crippen LogP contribution in [-0.2, 0) is 26.4 Å². The molecule has 4 heteroatoms. The Kier molecular flexibility index (Phi) is 4.19. The number of imidazole rings is 1. The number of nitrogens with two attached hydrogens (primary N) is 1. The number of hydrogen-bond donors (Lipinski definition) is 1. The van der Waals surface area contributed by atoms with Crippen LogP contribution in [0.4, 0.5) is 0 Å². The molecular weight excluding hydrogens is 290 g/mol. The first kappa shape index (κ1) is 13.3. The Bertz CT molecular complexity index is 529. The molecule has 1 aromatic heterocycles. The van der Waals surface area contributed by atoms with Gasteiger partial charge in [0, 0.05) is 7.05 Å². The van der Waals surface area contributed by atoms with Gasteiger partial charge >= 0.3 is 0 Å². The smallest absolute Gasteiger partial charge is 0.123 e. The molecule has 18 heavy (non-hydrogen) atoms. The van der Waals surface area contributed by atoms with Gasteiger partial charge in [0.2, 0.25) is 0 Å². The molecule has 0 saturated carbocycles. The van der Waals surface area contributed by atoms with E-state index < -0.39 is 0 Å². The van der Waals surface area contributed by atoms with Crippen LogP contribution in [0, 0.1) is 6.92 Å². The Labute approximate surface area is 116 Å². The topological polar surface area (TPSA) is 43.8 Å². The second-order valence-electron chi connectivity index (χ2n) is 4.51. The van der Waals surface area contributed by atoms with Gasteiger partial charge in [-0.1, -0.05) is 29.8 Å². The molecule has 0 unspecified atom stereocenters. The molecule has 0 spiro atoms. The minimum absolute atomic E-state index is 0.472. The Morgan fingerprint density at radius 3 is 2.44 bits per heavy atom. The van der Waals surface area contributed by atoms with Crippen molar-refractivity contribution in [1.29, 1.82) is 0 Å². The van der Waals surface area contributed by atoms with Gasteiger partial charge in [0.15, 0.2) is 0 Å². The van der Waals surface area contributed by atoms with E-state index >= 15 is 0 Å². The highest BCUT2D eigenvalue weighted by Crippen LogP contribution is 2.19. The molecule has 96 valence electrons. The number of aromatic nitrogens is 2. The van der Waals surface area contributed by atoms with E-state index in [0.29, 0.717) is 6.54 Å². The molecule has 0 aliphatic carbocycles. The average molecular weight is 308 g/mol. The fraction of sp³-hybridized carbons (Fsp3) is 0.357. The Morgan fingerprint density at radius 1 is 1.22 bits per heavy atom. The third-order valence-corrected chi connectivity index (χ3v) is 4.13. The Hall–Kier alpha value is -1.13. The van der Waals surface area contributed by atoms with Crippen molar-refractivity contribution in [3.63, 3.8) is 0 Å². The van der Waals surface area contributed by atoms with Crippen LogP contribution in [0.5, 0.6) is 0 Å². The molecule has 2 rings (SSSR count). The zero-order chi connectivity index (χ0) is 13.1. The number of rotatable bonds is 4. The third-order valence-electron chi connectivity index (χ3n) is 3.14. The van der Waals surface area contributed by atoms with E-state index in [1.54, 1.807) is 0 Å². The SMILES string of the molecule is Cc1ccc(CCc2nc(CN)n(C)c2Br)cc1. The molecule has 0 bridgehead atoms. The van der Waals surface area contributed by atoms with Crippen LogP contribution in [0.3, 0.4) is 0 Å². The van der Waals surface area contributed by atoms with Gasteiger partial charge < -0.3 is 10.3 Å². The van der Waals surface area contributed by atoms with Gasteiger partial charge in [-0.3, -0.25) is 0 Å². The van der Waals surface area contributed by atoms with Gasteiger partial charge in [0.05, 0.1) is 12.2 Å². The maximum atomic E-state index is 5.65. The highest BCUT2D eigenvalue weighted by Gasteiger charge is 2.10. The number of hydrogen-bond acceptors (Lipinski definition) is 2. The molecule has 3 nitrogen and oxygen atoms in total. The van der Waals surface area contributed by atoms with Crippen molar-refractivity contribution in [1.82, 2.24) is 9.55 Å². The molecule has 0 radical (unpaired) electrons. The van der Waals surface area contributed by atoms with Gasteiger partial charge in [-0.2, -0.15) is 0 Å². The maximum absolute atomic E-state index is 5.65. The van der Waals surface area contributed by atoms with Crippen molar-refractivity contribution >= 4 is 15.9 Å².